The molecule has 1 aromatic heterocycles. The standard InChI is InChI=1S/C15H24N4/c1-2-4-13-11-14(12-5-6-12)18-15(17-13)19-9-3-7-16-8-10-19/h11-12,16H,2-10H2,1H3. The Morgan fingerprint density at radius 2 is 2.16 bits per heavy atom. The highest BCUT2D eigenvalue weighted by molar-refractivity contribution is 5.35. The van der Waals surface area contributed by atoms with Gasteiger partial charge in [-0.15, -0.1) is 0 Å². The summed E-state index contributed by atoms with van der Waals surface area (Å²) in [6.45, 7) is 6.47. The van der Waals surface area contributed by atoms with Gasteiger partial charge in [-0.05, 0) is 38.3 Å². The Labute approximate surface area is 115 Å². The average Bonchev–Trinajstić information content (AvgIpc) is 3.26. The maximum atomic E-state index is 4.83. The lowest BCUT2D eigenvalue weighted by atomic mass is 10.2. The summed E-state index contributed by atoms with van der Waals surface area (Å²) in [4.78, 5) is 12.0. The van der Waals surface area contributed by atoms with Crippen LogP contribution in [-0.4, -0.2) is 36.1 Å². The molecule has 3 rings (SSSR count). The second kappa shape index (κ2) is 5.87. The quantitative estimate of drug-likeness (QED) is 0.900. The monoisotopic (exact) mass is 260 g/mol. The zero-order valence-electron chi connectivity index (χ0n) is 11.9. The highest BCUT2D eigenvalue weighted by atomic mass is 15.3. The Bertz CT molecular complexity index is 420. The molecule has 1 saturated carbocycles. The van der Waals surface area contributed by atoms with Crippen molar-refractivity contribution in [2.45, 2.75) is 44.9 Å². The van der Waals surface area contributed by atoms with Crippen molar-refractivity contribution < 1.29 is 0 Å². The van der Waals surface area contributed by atoms with Crippen molar-refractivity contribution >= 4 is 5.95 Å². The van der Waals surface area contributed by atoms with Crippen molar-refractivity contribution in [1.29, 1.82) is 0 Å². The first-order valence-electron chi connectivity index (χ1n) is 7.70. The minimum atomic E-state index is 0.711. The van der Waals surface area contributed by atoms with Crippen LogP contribution < -0.4 is 10.2 Å². The van der Waals surface area contributed by atoms with Crippen LogP contribution in [0.25, 0.3) is 0 Å². The molecule has 2 fully saturated rings. The maximum absolute atomic E-state index is 4.83. The van der Waals surface area contributed by atoms with Gasteiger partial charge in [-0.25, -0.2) is 9.97 Å². The molecule has 0 unspecified atom stereocenters. The molecule has 0 amide bonds. The molecule has 0 atom stereocenters. The second-order valence-corrected chi connectivity index (χ2v) is 5.70. The Morgan fingerprint density at radius 3 is 2.95 bits per heavy atom. The Balaban J connectivity index is 1.85. The number of nitrogens with zero attached hydrogens (tertiary/aromatic N) is 3. The van der Waals surface area contributed by atoms with Gasteiger partial charge >= 0.3 is 0 Å². The van der Waals surface area contributed by atoms with E-state index in [9.17, 15) is 0 Å². The second-order valence-electron chi connectivity index (χ2n) is 5.70. The van der Waals surface area contributed by atoms with E-state index < -0.39 is 0 Å². The van der Waals surface area contributed by atoms with Gasteiger partial charge in [0.25, 0.3) is 0 Å². The van der Waals surface area contributed by atoms with Crippen LogP contribution in [0.15, 0.2) is 6.07 Å². The molecule has 2 aliphatic rings. The summed E-state index contributed by atoms with van der Waals surface area (Å²) in [6.07, 6.45) is 6.02. The first kappa shape index (κ1) is 12.9. The highest BCUT2D eigenvalue weighted by Crippen LogP contribution is 2.39. The van der Waals surface area contributed by atoms with Crippen LogP contribution in [0, 0.1) is 0 Å². The lowest BCUT2D eigenvalue weighted by Gasteiger charge is -2.21. The van der Waals surface area contributed by atoms with Crippen molar-refractivity contribution in [3.05, 3.63) is 17.5 Å². The van der Waals surface area contributed by atoms with Crippen LogP contribution >= 0.6 is 0 Å². The first-order chi connectivity index (χ1) is 9.36. The van der Waals surface area contributed by atoms with Crippen LogP contribution in [-0.2, 0) is 6.42 Å². The van der Waals surface area contributed by atoms with Crippen LogP contribution in [0.5, 0.6) is 0 Å². The minimum Gasteiger partial charge on any atom is -0.339 e. The summed E-state index contributed by atoms with van der Waals surface area (Å²) < 4.78 is 0. The molecule has 4 nitrogen and oxygen atoms in total. The summed E-state index contributed by atoms with van der Waals surface area (Å²) in [5, 5.41) is 3.44. The summed E-state index contributed by atoms with van der Waals surface area (Å²) in [6, 6.07) is 2.24. The van der Waals surface area contributed by atoms with Gasteiger partial charge < -0.3 is 10.2 Å². The maximum Gasteiger partial charge on any atom is 0.225 e. The number of hydrogen-bond donors (Lipinski definition) is 1. The van der Waals surface area contributed by atoms with Crippen LogP contribution in [0.1, 0.15) is 49.9 Å². The van der Waals surface area contributed by atoms with E-state index in [2.05, 4.69) is 23.2 Å². The number of anilines is 1. The fourth-order valence-corrected chi connectivity index (χ4v) is 2.66. The number of rotatable bonds is 4. The molecule has 2 heterocycles. The topological polar surface area (TPSA) is 41.1 Å². The number of nitrogens with one attached hydrogen (secondary N) is 1. The normalized spacial score (nSPS) is 20.4. The van der Waals surface area contributed by atoms with E-state index in [1.54, 1.807) is 0 Å². The highest BCUT2D eigenvalue weighted by Gasteiger charge is 2.27. The molecule has 19 heavy (non-hydrogen) atoms. The van der Waals surface area contributed by atoms with Gasteiger partial charge in [-0.2, -0.15) is 0 Å². The largest absolute Gasteiger partial charge is 0.339 e. The van der Waals surface area contributed by atoms with Gasteiger partial charge in [-0.1, -0.05) is 13.3 Å². The van der Waals surface area contributed by atoms with E-state index in [0.29, 0.717) is 5.92 Å². The van der Waals surface area contributed by atoms with Gasteiger partial charge in [0, 0.05) is 36.9 Å². The SMILES string of the molecule is CCCc1cc(C2CC2)nc(N2CCCNCC2)n1. The Morgan fingerprint density at radius 1 is 1.26 bits per heavy atom. The molecule has 0 bridgehead atoms. The van der Waals surface area contributed by atoms with Crippen molar-refractivity contribution in [3.8, 4) is 0 Å². The third-order valence-electron chi connectivity index (χ3n) is 3.91. The molecule has 4 heteroatoms. The van der Waals surface area contributed by atoms with Crippen molar-refractivity contribution in [1.82, 2.24) is 15.3 Å². The third kappa shape index (κ3) is 3.24. The van der Waals surface area contributed by atoms with E-state index in [1.807, 2.05) is 0 Å². The fraction of sp³-hybridized carbons (Fsp3) is 0.733. The van der Waals surface area contributed by atoms with E-state index in [0.717, 1.165) is 45.0 Å². The molecular weight excluding hydrogens is 236 g/mol. The summed E-state index contributed by atoms with van der Waals surface area (Å²) in [5.74, 6) is 1.68. The summed E-state index contributed by atoms with van der Waals surface area (Å²) in [7, 11) is 0. The number of hydrogen-bond acceptors (Lipinski definition) is 4. The van der Waals surface area contributed by atoms with Crippen LogP contribution in [0.4, 0.5) is 5.95 Å². The van der Waals surface area contributed by atoms with Gasteiger partial charge in [0.1, 0.15) is 0 Å². The molecule has 104 valence electrons. The minimum absolute atomic E-state index is 0.711. The predicted octanol–water partition coefficient (Wildman–Crippen LogP) is 2.11. The molecule has 0 spiro atoms. The van der Waals surface area contributed by atoms with E-state index in [-0.39, 0.29) is 0 Å². The van der Waals surface area contributed by atoms with E-state index >= 15 is 0 Å². The fourth-order valence-electron chi connectivity index (χ4n) is 2.66. The van der Waals surface area contributed by atoms with E-state index in [4.69, 9.17) is 9.97 Å². The van der Waals surface area contributed by atoms with Gasteiger partial charge in [0.15, 0.2) is 0 Å². The molecular formula is C15H24N4. The molecule has 1 saturated heterocycles. The summed E-state index contributed by atoms with van der Waals surface area (Å²) in [5.41, 5.74) is 2.51. The molecule has 0 aromatic carbocycles. The van der Waals surface area contributed by atoms with Crippen LogP contribution in [0.2, 0.25) is 0 Å². The molecule has 1 N–H and O–H groups in total. The third-order valence-corrected chi connectivity index (χ3v) is 3.91. The zero-order chi connectivity index (χ0) is 13.1. The zero-order valence-corrected chi connectivity index (χ0v) is 11.9. The molecule has 1 aliphatic carbocycles. The lowest BCUT2D eigenvalue weighted by Crippen LogP contribution is -2.30. The average molecular weight is 260 g/mol. The van der Waals surface area contributed by atoms with Crippen molar-refractivity contribution in [2.75, 3.05) is 31.1 Å². The van der Waals surface area contributed by atoms with Crippen molar-refractivity contribution in [2.24, 2.45) is 0 Å². The predicted molar refractivity (Wildman–Crippen MR) is 77.7 cm³/mol. The molecule has 1 aromatic rings. The van der Waals surface area contributed by atoms with Crippen LogP contribution in [0.3, 0.4) is 0 Å². The Kier molecular flexibility index (Phi) is 3.97. The van der Waals surface area contributed by atoms with Gasteiger partial charge in [0.2, 0.25) is 5.95 Å². The Hall–Kier alpha value is -1.16. The molecule has 0 radical (unpaired) electrons. The lowest BCUT2D eigenvalue weighted by molar-refractivity contribution is 0.724. The number of aromatic nitrogens is 2. The number of aryl methyl sites for hydroxylation is 1. The first-order valence-corrected chi connectivity index (χ1v) is 7.70. The van der Waals surface area contributed by atoms with Crippen molar-refractivity contribution in [3.63, 3.8) is 0 Å². The van der Waals surface area contributed by atoms with Gasteiger partial charge in [-0.3, -0.25) is 0 Å². The van der Waals surface area contributed by atoms with E-state index in [1.165, 1.54) is 30.7 Å². The summed E-state index contributed by atoms with van der Waals surface area (Å²) >= 11 is 0. The molecule has 1 aliphatic heterocycles. The van der Waals surface area contributed by atoms with Gasteiger partial charge in [0.05, 0.1) is 0 Å². The smallest absolute Gasteiger partial charge is 0.225 e.